The zero-order valence-corrected chi connectivity index (χ0v) is 23.2. The minimum atomic E-state index is -2.87. The van der Waals surface area contributed by atoms with Gasteiger partial charge in [0.15, 0.2) is 0 Å². The average molecular weight is 591 g/mol. The molecule has 0 spiro atoms. The fourth-order valence-electron chi connectivity index (χ4n) is 3.81. The topological polar surface area (TPSA) is 119 Å². The van der Waals surface area contributed by atoms with Gasteiger partial charge >= 0.3 is 6.43 Å². The van der Waals surface area contributed by atoms with Gasteiger partial charge in [-0.25, -0.2) is 8.78 Å². The highest BCUT2D eigenvalue weighted by Crippen LogP contribution is 2.32. The van der Waals surface area contributed by atoms with Crippen molar-refractivity contribution in [1.29, 1.82) is 0 Å². The molecular formula is C26H26Cl2F2N8O2. The quantitative estimate of drug-likeness (QED) is 0.250. The first-order valence-electron chi connectivity index (χ1n) is 12.1. The molecule has 1 saturated heterocycles. The van der Waals surface area contributed by atoms with Gasteiger partial charge in [-0.15, -0.1) is 10.2 Å². The first-order chi connectivity index (χ1) is 19.1. The van der Waals surface area contributed by atoms with Gasteiger partial charge in [0.05, 0.1) is 46.4 Å². The molecule has 1 fully saturated rings. The Morgan fingerprint density at radius 1 is 1.32 bits per heavy atom. The Labute approximate surface area is 239 Å². The van der Waals surface area contributed by atoms with Gasteiger partial charge in [0, 0.05) is 36.5 Å². The van der Waals surface area contributed by atoms with Crippen LogP contribution in [0.4, 0.5) is 14.5 Å². The molecule has 1 aromatic carbocycles. The molecule has 0 atom stereocenters. The van der Waals surface area contributed by atoms with Crippen LogP contribution in [0.15, 0.2) is 53.7 Å². The smallest absolute Gasteiger partial charge is 0.301 e. The van der Waals surface area contributed by atoms with Gasteiger partial charge in [0.2, 0.25) is 5.82 Å². The highest BCUT2D eigenvalue weighted by atomic mass is 35.5. The van der Waals surface area contributed by atoms with E-state index in [4.69, 9.17) is 27.9 Å². The van der Waals surface area contributed by atoms with Gasteiger partial charge in [-0.05, 0) is 48.0 Å². The number of aryl methyl sites for hydroxylation is 1. The molecular weight excluding hydrogens is 565 g/mol. The molecule has 14 heteroatoms. The van der Waals surface area contributed by atoms with Crippen LogP contribution < -0.4 is 10.6 Å². The van der Waals surface area contributed by atoms with Gasteiger partial charge in [-0.3, -0.25) is 14.8 Å². The molecule has 0 saturated carbocycles. The van der Waals surface area contributed by atoms with E-state index in [1.165, 1.54) is 13.1 Å². The summed E-state index contributed by atoms with van der Waals surface area (Å²) in [7, 11) is 1.49. The third kappa shape index (κ3) is 7.26. The molecule has 2 N–H and O–H groups in total. The molecule has 3 heterocycles. The van der Waals surface area contributed by atoms with E-state index in [-0.39, 0.29) is 24.6 Å². The first-order valence-corrected chi connectivity index (χ1v) is 12.9. The van der Waals surface area contributed by atoms with Crippen LogP contribution in [0.2, 0.25) is 10.0 Å². The van der Waals surface area contributed by atoms with Gasteiger partial charge in [0.25, 0.3) is 5.91 Å². The number of hydrogen-bond acceptors (Lipinski definition) is 8. The number of ether oxygens (including phenoxy) is 1. The average Bonchev–Trinajstić information content (AvgIpc) is 3.36. The van der Waals surface area contributed by atoms with Crippen LogP contribution in [0, 0.1) is 6.92 Å². The van der Waals surface area contributed by atoms with Gasteiger partial charge in [-0.1, -0.05) is 29.8 Å². The molecule has 0 radical (unpaired) electrons. The van der Waals surface area contributed by atoms with Crippen LogP contribution in [-0.2, 0) is 22.5 Å². The van der Waals surface area contributed by atoms with E-state index >= 15 is 0 Å². The van der Waals surface area contributed by atoms with E-state index < -0.39 is 18.2 Å². The SMILES string of the molecule is C=C(NC1COC1)c1cc(C)cc(Cl)c1NC(=O)/C(=C/C(Cn1nnc(C(F)F)n1)=NC)Cc1ncccc1Cl. The number of halogens is 4. The summed E-state index contributed by atoms with van der Waals surface area (Å²) in [6.07, 6.45) is 0.237. The van der Waals surface area contributed by atoms with E-state index in [0.717, 1.165) is 10.4 Å². The highest BCUT2D eigenvalue weighted by molar-refractivity contribution is 6.34. The Morgan fingerprint density at radius 2 is 2.10 bits per heavy atom. The van der Waals surface area contributed by atoms with Gasteiger partial charge < -0.3 is 15.4 Å². The minimum Gasteiger partial charge on any atom is -0.378 e. The first kappa shape index (κ1) is 29.2. The Bertz CT molecular complexity index is 1470. The van der Waals surface area contributed by atoms with Gasteiger partial charge in [-0.2, -0.15) is 4.80 Å². The van der Waals surface area contributed by atoms with Crippen molar-refractivity contribution in [2.75, 3.05) is 25.6 Å². The minimum absolute atomic E-state index is 0.0367. The van der Waals surface area contributed by atoms with Crippen molar-refractivity contribution in [1.82, 2.24) is 30.5 Å². The number of rotatable bonds is 11. The van der Waals surface area contributed by atoms with Crippen LogP contribution in [-0.4, -0.2) is 63.1 Å². The predicted molar refractivity (Wildman–Crippen MR) is 149 cm³/mol. The predicted octanol–water partition coefficient (Wildman–Crippen LogP) is 4.46. The third-order valence-corrected chi connectivity index (χ3v) is 6.54. The Balaban J connectivity index is 1.66. The van der Waals surface area contributed by atoms with Crippen molar-refractivity contribution in [2.45, 2.75) is 32.4 Å². The van der Waals surface area contributed by atoms with Crippen molar-refractivity contribution in [3.05, 3.63) is 81.4 Å². The number of nitrogens with zero attached hydrogens (tertiary/aromatic N) is 6. The summed E-state index contributed by atoms with van der Waals surface area (Å²) in [5, 5.41) is 17.5. The largest absolute Gasteiger partial charge is 0.378 e. The number of tetrazole rings is 1. The summed E-state index contributed by atoms with van der Waals surface area (Å²) in [6.45, 7) is 7.01. The maximum absolute atomic E-state index is 13.7. The van der Waals surface area contributed by atoms with E-state index in [1.54, 1.807) is 24.4 Å². The van der Waals surface area contributed by atoms with Crippen molar-refractivity contribution in [3.63, 3.8) is 0 Å². The molecule has 3 aromatic rings. The Kier molecular flexibility index (Phi) is 9.56. The summed E-state index contributed by atoms with van der Waals surface area (Å²) >= 11 is 12.9. The zero-order valence-electron chi connectivity index (χ0n) is 21.7. The van der Waals surface area contributed by atoms with E-state index in [1.807, 2.05) is 13.0 Å². The summed E-state index contributed by atoms with van der Waals surface area (Å²) in [6, 6.07) is 7.04. The number of pyridine rings is 1. The second kappa shape index (κ2) is 13.1. The number of alkyl halides is 2. The van der Waals surface area contributed by atoms with Gasteiger partial charge in [0.1, 0.15) is 6.54 Å². The van der Waals surface area contributed by atoms with E-state index in [0.29, 0.717) is 51.6 Å². The lowest BCUT2D eigenvalue weighted by Crippen LogP contribution is -2.44. The molecule has 10 nitrogen and oxygen atoms in total. The van der Waals surface area contributed by atoms with E-state index in [2.05, 4.69) is 42.6 Å². The van der Waals surface area contributed by atoms with Crippen molar-refractivity contribution in [3.8, 4) is 0 Å². The molecule has 1 aliphatic heterocycles. The van der Waals surface area contributed by atoms with Crippen LogP contribution in [0.1, 0.15) is 29.1 Å². The molecule has 210 valence electrons. The van der Waals surface area contributed by atoms with Crippen molar-refractivity contribution < 1.29 is 18.3 Å². The van der Waals surface area contributed by atoms with Crippen LogP contribution in [0.3, 0.4) is 0 Å². The molecule has 0 unspecified atom stereocenters. The molecule has 0 aliphatic carbocycles. The Hall–Kier alpha value is -3.74. The zero-order chi connectivity index (χ0) is 28.8. The number of carbonyl (C=O) groups excluding carboxylic acids is 1. The molecule has 1 aliphatic rings. The monoisotopic (exact) mass is 590 g/mol. The number of aliphatic imine (C=N–C) groups is 1. The molecule has 1 amide bonds. The lowest BCUT2D eigenvalue weighted by molar-refractivity contribution is -0.112. The lowest BCUT2D eigenvalue weighted by Gasteiger charge is -2.29. The normalized spacial score (nSPS) is 14.3. The standard InChI is InChI=1S/C26H26Cl2F2N8O2/c1-14-7-19(15(2)33-18-12-40-13-18)23(21(28)8-14)34-26(39)16(10-22-20(27)5-4-6-32-22)9-17(31-3)11-38-36-25(24(29)30)35-37-38/h4-9,18,24,33H,2,10-13H2,1,3H3,(H,34,39)/b16-9+,31-17?. The number of allylic oxidation sites excluding steroid dienone is 1. The summed E-state index contributed by atoms with van der Waals surface area (Å²) in [4.78, 5) is 23.2. The molecule has 4 rings (SSSR count). The highest BCUT2D eigenvalue weighted by Gasteiger charge is 2.23. The maximum Gasteiger partial charge on any atom is 0.301 e. The number of benzene rings is 1. The van der Waals surface area contributed by atoms with Crippen LogP contribution in [0.5, 0.6) is 0 Å². The van der Waals surface area contributed by atoms with Crippen molar-refractivity contribution >= 4 is 46.2 Å². The number of carbonyl (C=O) groups is 1. The fourth-order valence-corrected chi connectivity index (χ4v) is 4.32. The Morgan fingerprint density at radius 3 is 2.73 bits per heavy atom. The van der Waals surface area contributed by atoms with Crippen LogP contribution in [0.25, 0.3) is 5.70 Å². The molecule has 40 heavy (non-hydrogen) atoms. The third-order valence-electron chi connectivity index (χ3n) is 5.89. The molecule has 2 aromatic heterocycles. The fraction of sp³-hybridized carbons (Fsp3) is 0.308. The molecule has 0 bridgehead atoms. The van der Waals surface area contributed by atoms with E-state index in [9.17, 15) is 13.6 Å². The summed E-state index contributed by atoms with van der Waals surface area (Å²) in [5.41, 5.74) is 3.44. The number of anilines is 1. The summed E-state index contributed by atoms with van der Waals surface area (Å²) in [5.74, 6) is -1.21. The lowest BCUT2D eigenvalue weighted by atomic mass is 10.0. The summed E-state index contributed by atoms with van der Waals surface area (Å²) < 4.78 is 31.1. The second-order valence-electron chi connectivity index (χ2n) is 8.95. The number of amides is 1. The van der Waals surface area contributed by atoms with Crippen molar-refractivity contribution in [2.24, 2.45) is 4.99 Å². The van der Waals surface area contributed by atoms with Crippen LogP contribution >= 0.6 is 23.2 Å². The number of aromatic nitrogens is 5. The number of nitrogens with one attached hydrogen (secondary N) is 2. The maximum atomic E-state index is 13.7. The second-order valence-corrected chi connectivity index (χ2v) is 9.77. The number of hydrogen-bond donors (Lipinski definition) is 2.